The van der Waals surface area contributed by atoms with Gasteiger partial charge in [0.1, 0.15) is 5.82 Å². The summed E-state index contributed by atoms with van der Waals surface area (Å²) in [5, 5.41) is 0. The molecule has 0 saturated heterocycles. The summed E-state index contributed by atoms with van der Waals surface area (Å²) in [6.07, 6.45) is -4.65. The Balaban J connectivity index is 3.09. The molecule has 0 aromatic heterocycles. The summed E-state index contributed by atoms with van der Waals surface area (Å²) in [4.78, 5) is 0. The van der Waals surface area contributed by atoms with Gasteiger partial charge in [-0.2, -0.15) is 13.2 Å². The average Bonchev–Trinajstić information content (AvgIpc) is 2.14. The van der Waals surface area contributed by atoms with Crippen LogP contribution in [0.4, 0.5) is 17.6 Å². The smallest absolute Gasteiger partial charge is 0.327 e. The van der Waals surface area contributed by atoms with Crippen molar-refractivity contribution in [2.24, 2.45) is 5.73 Å². The normalized spacial score (nSPS) is 15.9. The molecule has 1 aromatic rings. The van der Waals surface area contributed by atoms with Crippen molar-refractivity contribution >= 4 is 0 Å². The van der Waals surface area contributed by atoms with Crippen molar-refractivity contribution in [1.82, 2.24) is 0 Å². The molecule has 1 aromatic carbocycles. The van der Waals surface area contributed by atoms with Gasteiger partial charge in [-0.3, -0.25) is 0 Å². The topological polar surface area (TPSA) is 26.0 Å². The molecule has 2 unspecified atom stereocenters. The molecular formula is C11H13F4N. The highest BCUT2D eigenvalue weighted by Crippen LogP contribution is 2.32. The zero-order chi connectivity index (χ0) is 12.5. The summed E-state index contributed by atoms with van der Waals surface area (Å²) in [5.74, 6) is -1.44. The minimum absolute atomic E-state index is 0.184. The van der Waals surface area contributed by atoms with Crippen molar-refractivity contribution in [3.05, 3.63) is 35.1 Å². The Labute approximate surface area is 91.3 Å². The number of benzene rings is 1. The summed E-state index contributed by atoms with van der Waals surface area (Å²) in [5.41, 5.74) is 4.83. The van der Waals surface area contributed by atoms with E-state index in [9.17, 15) is 17.6 Å². The molecule has 0 aliphatic heterocycles. The maximum absolute atomic E-state index is 13.2. The van der Waals surface area contributed by atoms with Crippen molar-refractivity contribution in [2.45, 2.75) is 32.0 Å². The van der Waals surface area contributed by atoms with Gasteiger partial charge in [0.2, 0.25) is 0 Å². The van der Waals surface area contributed by atoms with Gasteiger partial charge in [0.05, 0.1) is 5.56 Å². The fourth-order valence-electron chi connectivity index (χ4n) is 1.35. The van der Waals surface area contributed by atoms with E-state index in [0.717, 1.165) is 12.1 Å². The van der Waals surface area contributed by atoms with E-state index in [1.165, 1.54) is 6.07 Å². The highest BCUT2D eigenvalue weighted by atomic mass is 19.4. The van der Waals surface area contributed by atoms with Gasteiger partial charge in [-0.1, -0.05) is 13.0 Å². The summed E-state index contributed by atoms with van der Waals surface area (Å²) >= 11 is 0. The Morgan fingerprint density at radius 1 is 1.19 bits per heavy atom. The van der Waals surface area contributed by atoms with Crippen molar-refractivity contribution in [2.75, 3.05) is 0 Å². The van der Waals surface area contributed by atoms with Crippen molar-refractivity contribution in [1.29, 1.82) is 0 Å². The molecule has 90 valence electrons. The molecule has 0 aliphatic rings. The maximum atomic E-state index is 13.2. The highest BCUT2D eigenvalue weighted by Gasteiger charge is 2.34. The fraction of sp³-hybridized carbons (Fsp3) is 0.455. The summed E-state index contributed by atoms with van der Waals surface area (Å²) in [7, 11) is 0. The highest BCUT2D eigenvalue weighted by molar-refractivity contribution is 5.29. The lowest BCUT2D eigenvalue weighted by Crippen LogP contribution is -2.22. The largest absolute Gasteiger partial charge is 0.419 e. The van der Waals surface area contributed by atoms with Gasteiger partial charge < -0.3 is 5.73 Å². The zero-order valence-electron chi connectivity index (χ0n) is 8.98. The molecule has 0 heterocycles. The second kappa shape index (κ2) is 4.41. The Hall–Kier alpha value is -1.10. The average molecular weight is 235 g/mol. The van der Waals surface area contributed by atoms with Crippen molar-refractivity contribution < 1.29 is 17.6 Å². The van der Waals surface area contributed by atoms with E-state index in [1.54, 1.807) is 13.8 Å². The van der Waals surface area contributed by atoms with E-state index in [4.69, 9.17) is 5.73 Å². The lowest BCUT2D eigenvalue weighted by Gasteiger charge is -2.17. The minimum Gasteiger partial charge on any atom is -0.327 e. The second-order valence-electron chi connectivity index (χ2n) is 3.88. The Kier molecular flexibility index (Phi) is 3.57. The van der Waals surface area contributed by atoms with Crippen LogP contribution in [0.1, 0.15) is 30.9 Å². The van der Waals surface area contributed by atoms with Gasteiger partial charge in [0.15, 0.2) is 0 Å². The van der Waals surface area contributed by atoms with Crippen molar-refractivity contribution in [3.63, 3.8) is 0 Å². The van der Waals surface area contributed by atoms with Crippen LogP contribution in [-0.2, 0) is 6.18 Å². The lowest BCUT2D eigenvalue weighted by atomic mass is 9.94. The first kappa shape index (κ1) is 13.0. The fourth-order valence-corrected chi connectivity index (χ4v) is 1.35. The molecule has 0 radical (unpaired) electrons. The van der Waals surface area contributed by atoms with Crippen LogP contribution < -0.4 is 5.73 Å². The molecule has 0 bridgehead atoms. The van der Waals surface area contributed by atoms with Crippen LogP contribution in [0.25, 0.3) is 0 Å². The molecule has 5 heteroatoms. The third kappa shape index (κ3) is 2.72. The molecule has 0 amide bonds. The monoisotopic (exact) mass is 235 g/mol. The molecule has 0 fully saturated rings. The van der Waals surface area contributed by atoms with Crippen LogP contribution in [0.5, 0.6) is 0 Å². The molecule has 0 aliphatic carbocycles. The van der Waals surface area contributed by atoms with E-state index in [1.807, 2.05) is 0 Å². The van der Waals surface area contributed by atoms with Gasteiger partial charge >= 0.3 is 6.18 Å². The minimum atomic E-state index is -4.65. The zero-order valence-corrected chi connectivity index (χ0v) is 8.98. The first-order valence-electron chi connectivity index (χ1n) is 4.85. The Morgan fingerprint density at radius 2 is 1.75 bits per heavy atom. The predicted octanol–water partition coefficient (Wildman–Crippen LogP) is 3.30. The lowest BCUT2D eigenvalue weighted by molar-refractivity contribution is -0.140. The SMILES string of the molecule is CC(N)C(C)c1ccc(C(F)(F)F)c(F)c1. The van der Waals surface area contributed by atoms with E-state index >= 15 is 0 Å². The number of halogens is 4. The van der Waals surface area contributed by atoms with Crippen LogP contribution in [0.3, 0.4) is 0 Å². The number of hydrogen-bond acceptors (Lipinski definition) is 1. The second-order valence-corrected chi connectivity index (χ2v) is 3.88. The van der Waals surface area contributed by atoms with Crippen LogP contribution in [0.15, 0.2) is 18.2 Å². The third-order valence-electron chi connectivity index (χ3n) is 2.61. The van der Waals surface area contributed by atoms with E-state index < -0.39 is 17.6 Å². The molecule has 1 nitrogen and oxygen atoms in total. The number of hydrogen-bond donors (Lipinski definition) is 1. The molecular weight excluding hydrogens is 222 g/mol. The number of nitrogens with two attached hydrogens (primary N) is 1. The van der Waals surface area contributed by atoms with Gasteiger partial charge in [0, 0.05) is 6.04 Å². The third-order valence-corrected chi connectivity index (χ3v) is 2.61. The molecule has 2 N–H and O–H groups in total. The summed E-state index contributed by atoms with van der Waals surface area (Å²) in [6, 6.07) is 2.68. The van der Waals surface area contributed by atoms with E-state index in [2.05, 4.69) is 0 Å². The quantitative estimate of drug-likeness (QED) is 0.782. The number of alkyl halides is 3. The Bertz CT molecular complexity index is 371. The predicted molar refractivity (Wildman–Crippen MR) is 53.5 cm³/mol. The standard InChI is InChI=1S/C11H13F4N/c1-6(7(2)16)8-3-4-9(10(12)5-8)11(13,14)15/h3-7H,16H2,1-2H3. The summed E-state index contributed by atoms with van der Waals surface area (Å²) in [6.45, 7) is 3.47. The van der Waals surface area contributed by atoms with Gasteiger partial charge in [-0.15, -0.1) is 0 Å². The van der Waals surface area contributed by atoms with Crippen molar-refractivity contribution in [3.8, 4) is 0 Å². The first-order chi connectivity index (χ1) is 7.23. The molecule has 0 spiro atoms. The van der Waals surface area contributed by atoms with E-state index in [-0.39, 0.29) is 12.0 Å². The van der Waals surface area contributed by atoms with Gasteiger partial charge in [-0.25, -0.2) is 4.39 Å². The molecule has 0 saturated carbocycles. The number of rotatable bonds is 2. The van der Waals surface area contributed by atoms with Gasteiger partial charge in [-0.05, 0) is 30.5 Å². The molecule has 16 heavy (non-hydrogen) atoms. The maximum Gasteiger partial charge on any atom is 0.419 e. The summed E-state index contributed by atoms with van der Waals surface area (Å²) < 4.78 is 50.0. The van der Waals surface area contributed by atoms with Crippen LogP contribution in [0, 0.1) is 5.82 Å². The van der Waals surface area contributed by atoms with E-state index in [0.29, 0.717) is 5.56 Å². The molecule has 2 atom stereocenters. The van der Waals surface area contributed by atoms with Crippen LogP contribution in [-0.4, -0.2) is 6.04 Å². The van der Waals surface area contributed by atoms with Crippen LogP contribution in [0.2, 0.25) is 0 Å². The molecule has 1 rings (SSSR count). The first-order valence-corrected chi connectivity index (χ1v) is 4.85. The van der Waals surface area contributed by atoms with Gasteiger partial charge in [0.25, 0.3) is 0 Å². The van der Waals surface area contributed by atoms with Crippen LogP contribution >= 0.6 is 0 Å². The Morgan fingerprint density at radius 3 is 2.12 bits per heavy atom.